The summed E-state index contributed by atoms with van der Waals surface area (Å²) in [6.07, 6.45) is 3.47. The fraction of sp³-hybridized carbons (Fsp3) is 0. The predicted molar refractivity (Wildman–Crippen MR) is 264 cm³/mol. The molecule has 4 aromatic heterocycles. The van der Waals surface area contributed by atoms with E-state index in [-0.39, 0.29) is 16.9 Å². The van der Waals surface area contributed by atoms with E-state index in [0.29, 0.717) is 22.2 Å². The molecule has 0 saturated carbocycles. The molecule has 0 saturated heterocycles. The fourth-order valence-electron chi connectivity index (χ4n) is 9.68. The molecule has 4 heterocycles. The van der Waals surface area contributed by atoms with Gasteiger partial charge in [0.15, 0.2) is 23.3 Å². The minimum atomic E-state index is -2.28. The van der Waals surface area contributed by atoms with Gasteiger partial charge in [-0.2, -0.15) is 0 Å². The summed E-state index contributed by atoms with van der Waals surface area (Å²) in [6.45, 7) is 9.00. The summed E-state index contributed by atoms with van der Waals surface area (Å²) in [5.41, 5.74) is 7.82. The lowest BCUT2D eigenvalue weighted by molar-refractivity contribution is 0.381. The number of benzene rings is 8. The lowest BCUT2D eigenvalue weighted by atomic mass is 9.98. The highest BCUT2D eigenvalue weighted by atomic mass is 19.2. The van der Waals surface area contributed by atoms with Crippen LogP contribution in [-0.4, -0.2) is 19.1 Å². The second-order valence-electron chi connectivity index (χ2n) is 16.6. The van der Waals surface area contributed by atoms with Crippen molar-refractivity contribution in [2.45, 2.75) is 0 Å². The van der Waals surface area contributed by atoms with Crippen LogP contribution < -0.4 is 0 Å². The van der Waals surface area contributed by atoms with Crippen LogP contribution in [0.2, 0.25) is 0 Å². The normalized spacial score (nSPS) is 11.5. The molecule has 0 radical (unpaired) electrons. The monoisotopic (exact) mass is 905 g/mol. The fourth-order valence-corrected chi connectivity index (χ4v) is 9.68. The summed E-state index contributed by atoms with van der Waals surface area (Å²) in [5.74, 6) is -10.5. The maximum absolute atomic E-state index is 16.3. The summed E-state index contributed by atoms with van der Waals surface area (Å²) in [7, 11) is 0. The van der Waals surface area contributed by atoms with Crippen molar-refractivity contribution in [2.24, 2.45) is 0 Å². The maximum Gasteiger partial charge on any atom is 0.234 e. The largest absolute Gasteiger partial charge is 0.319 e. The third-order valence-corrected chi connectivity index (χ3v) is 12.9. The molecule has 0 N–H and O–H groups in total. The van der Waals surface area contributed by atoms with E-state index in [2.05, 4.69) is 14.8 Å². The Labute approximate surface area is 391 Å². The molecule has 8 aromatic carbocycles. The second kappa shape index (κ2) is 16.3. The number of para-hydroxylation sites is 2. The topological polar surface area (TPSA) is 40.0 Å². The van der Waals surface area contributed by atoms with Gasteiger partial charge in [0, 0.05) is 50.6 Å². The smallest absolute Gasteiger partial charge is 0.234 e. The van der Waals surface area contributed by atoms with Gasteiger partial charge in [-0.1, -0.05) is 127 Å². The number of nitrogens with zero attached hydrogens (tertiary/aromatic N) is 5. The van der Waals surface area contributed by atoms with E-state index < -0.39 is 34.6 Å². The highest BCUT2D eigenvalue weighted by molar-refractivity contribution is 6.13. The SMILES string of the molecule is [C-]#[N+]c1c(-n2c3ccccc3c3ccc(-c4ccnc(-c5ccccc5)c4)cc32)ccc(-c2c(F)c(F)c(F)c(F)c2F)c1-n1c2ccccc2c2ccc(-c3ccnc(-c4ccccc4)c3)cc21. The Bertz CT molecular complexity index is 4070. The molecular weight excluding hydrogens is 874 g/mol. The molecule has 5 nitrogen and oxygen atoms in total. The van der Waals surface area contributed by atoms with Crippen LogP contribution in [0, 0.1) is 35.7 Å². The molecule has 0 aliphatic carbocycles. The standard InChI is InChI=1S/C59H32F5N5/c1-65-58-49(68-47-18-10-8-16-40(47)42-22-20-36(32-50(42)68)38-26-28-66-45(30-38)34-12-4-2-5-13-34)25-24-44(52-53(60)55(62)57(64)56(63)54(52)61)59(58)69-48-19-11-9-17-41(48)43-23-21-37(33-51(43)69)39-27-29-67-46(31-39)35-14-6-3-7-15-35/h2-33H. The predicted octanol–water partition coefficient (Wildman–Crippen LogP) is 16.3. The molecule has 0 spiro atoms. The van der Waals surface area contributed by atoms with Gasteiger partial charge in [0.05, 0.1) is 57.0 Å². The quantitative estimate of drug-likeness (QED) is 0.0692. The first-order valence-corrected chi connectivity index (χ1v) is 22.0. The number of pyridine rings is 2. The van der Waals surface area contributed by atoms with Crippen LogP contribution in [0.3, 0.4) is 0 Å². The summed E-state index contributed by atoms with van der Waals surface area (Å²) < 4.78 is 81.8. The van der Waals surface area contributed by atoms with Gasteiger partial charge in [0.2, 0.25) is 11.5 Å². The van der Waals surface area contributed by atoms with Gasteiger partial charge < -0.3 is 9.13 Å². The van der Waals surface area contributed by atoms with Crippen molar-refractivity contribution in [3.05, 3.63) is 235 Å². The second-order valence-corrected chi connectivity index (χ2v) is 16.6. The number of rotatable bonds is 7. The van der Waals surface area contributed by atoms with Crippen LogP contribution in [0.5, 0.6) is 0 Å². The van der Waals surface area contributed by atoms with Gasteiger partial charge in [-0.25, -0.2) is 26.8 Å². The average Bonchev–Trinajstić information content (AvgIpc) is 3.92. The first-order valence-electron chi connectivity index (χ1n) is 22.0. The van der Waals surface area contributed by atoms with Crippen molar-refractivity contribution in [3.63, 3.8) is 0 Å². The van der Waals surface area contributed by atoms with Crippen molar-refractivity contribution >= 4 is 49.3 Å². The van der Waals surface area contributed by atoms with Crippen molar-refractivity contribution in [1.82, 2.24) is 19.1 Å². The Hall–Kier alpha value is -9.20. The first-order chi connectivity index (χ1) is 33.8. The summed E-state index contributed by atoms with van der Waals surface area (Å²) in [5, 5.41) is 3.19. The first kappa shape index (κ1) is 41.2. The Morgan fingerprint density at radius 2 is 0.812 bits per heavy atom. The van der Waals surface area contributed by atoms with Crippen LogP contribution >= 0.6 is 0 Å². The average molecular weight is 906 g/mol. The zero-order valence-electron chi connectivity index (χ0n) is 36.1. The van der Waals surface area contributed by atoms with E-state index in [1.165, 1.54) is 12.1 Å². The molecule has 12 rings (SSSR count). The highest BCUT2D eigenvalue weighted by Crippen LogP contribution is 2.48. The molecule has 328 valence electrons. The maximum atomic E-state index is 16.3. The number of hydrogen-bond donors (Lipinski definition) is 0. The molecule has 0 amide bonds. The van der Waals surface area contributed by atoms with E-state index in [1.807, 2.05) is 168 Å². The third kappa shape index (κ3) is 6.58. The van der Waals surface area contributed by atoms with Crippen molar-refractivity contribution < 1.29 is 22.0 Å². The van der Waals surface area contributed by atoms with Gasteiger partial charge in [-0.15, -0.1) is 0 Å². The van der Waals surface area contributed by atoms with Gasteiger partial charge in [0.25, 0.3) is 0 Å². The summed E-state index contributed by atoms with van der Waals surface area (Å²) in [6, 6.07) is 57.1. The molecule has 0 bridgehead atoms. The van der Waals surface area contributed by atoms with Crippen molar-refractivity contribution in [2.75, 3.05) is 0 Å². The number of hydrogen-bond acceptors (Lipinski definition) is 2. The Kier molecular flexibility index (Phi) is 9.74. The number of aromatic nitrogens is 4. The Morgan fingerprint density at radius 1 is 0.377 bits per heavy atom. The molecule has 0 unspecified atom stereocenters. The van der Waals surface area contributed by atoms with Crippen LogP contribution in [-0.2, 0) is 0 Å². The number of fused-ring (bicyclic) bond motifs is 6. The van der Waals surface area contributed by atoms with Gasteiger partial charge in [0.1, 0.15) is 0 Å². The van der Waals surface area contributed by atoms with Crippen molar-refractivity contribution in [1.29, 1.82) is 0 Å². The lowest BCUT2D eigenvalue weighted by Crippen LogP contribution is -2.08. The Balaban J connectivity index is 1.17. The van der Waals surface area contributed by atoms with E-state index in [0.717, 1.165) is 71.8 Å². The molecule has 0 fully saturated rings. The molecule has 12 aromatic rings. The van der Waals surface area contributed by atoms with Crippen LogP contribution in [0.4, 0.5) is 27.6 Å². The highest BCUT2D eigenvalue weighted by Gasteiger charge is 2.32. The third-order valence-electron chi connectivity index (χ3n) is 12.9. The van der Waals surface area contributed by atoms with Gasteiger partial charge >= 0.3 is 0 Å². The van der Waals surface area contributed by atoms with E-state index >= 15 is 17.6 Å². The minimum absolute atomic E-state index is 0.0718. The van der Waals surface area contributed by atoms with Crippen LogP contribution in [0.25, 0.3) is 116 Å². The zero-order valence-corrected chi connectivity index (χ0v) is 36.1. The molecule has 0 atom stereocenters. The summed E-state index contributed by atoms with van der Waals surface area (Å²) >= 11 is 0. The van der Waals surface area contributed by atoms with Crippen LogP contribution in [0.15, 0.2) is 194 Å². The van der Waals surface area contributed by atoms with E-state index in [1.54, 1.807) is 23.0 Å². The molecule has 10 heteroatoms. The van der Waals surface area contributed by atoms with Crippen molar-refractivity contribution in [3.8, 4) is 67.3 Å². The molecular formula is C59H32F5N5. The molecule has 0 aliphatic rings. The van der Waals surface area contributed by atoms with Gasteiger partial charge in [-0.3, -0.25) is 9.97 Å². The number of halogens is 5. The summed E-state index contributed by atoms with van der Waals surface area (Å²) in [4.78, 5) is 13.4. The van der Waals surface area contributed by atoms with E-state index in [4.69, 9.17) is 6.57 Å². The van der Waals surface area contributed by atoms with Crippen LogP contribution in [0.1, 0.15) is 0 Å². The zero-order chi connectivity index (χ0) is 46.9. The Morgan fingerprint density at radius 3 is 1.33 bits per heavy atom. The lowest BCUT2D eigenvalue weighted by Gasteiger charge is -2.21. The molecule has 69 heavy (non-hydrogen) atoms. The minimum Gasteiger partial charge on any atom is -0.319 e. The van der Waals surface area contributed by atoms with Gasteiger partial charge in [-0.05, 0) is 76.9 Å². The molecule has 0 aliphatic heterocycles. The van der Waals surface area contributed by atoms with E-state index in [9.17, 15) is 4.39 Å².